The highest BCUT2D eigenvalue weighted by molar-refractivity contribution is 8.15. The molecule has 36 heavy (non-hydrogen) atoms. The van der Waals surface area contributed by atoms with Gasteiger partial charge in [0.25, 0.3) is 0 Å². The fourth-order valence-corrected chi connectivity index (χ4v) is 4.85. The van der Waals surface area contributed by atoms with E-state index in [2.05, 4.69) is 10.3 Å². The van der Waals surface area contributed by atoms with E-state index in [0.29, 0.717) is 30.4 Å². The molecule has 1 saturated heterocycles. The third-order valence-corrected chi connectivity index (χ3v) is 6.70. The number of hydrogen-bond acceptors (Lipinski definition) is 5. The molecule has 0 saturated carbocycles. The molecule has 4 rings (SSSR count). The lowest BCUT2D eigenvalue weighted by molar-refractivity contribution is -0.128. The number of anilines is 1. The monoisotopic (exact) mass is 505 g/mol. The minimum atomic E-state index is -0.576. The molecule has 0 aliphatic carbocycles. The molecule has 0 unspecified atom stereocenters. The largest absolute Gasteiger partial charge is 0.494 e. The molecule has 1 heterocycles. The van der Waals surface area contributed by atoms with E-state index >= 15 is 0 Å². The van der Waals surface area contributed by atoms with Gasteiger partial charge in [-0.3, -0.25) is 14.5 Å². The molecule has 0 spiro atoms. The maximum Gasteiger partial charge on any atom is 0.242 e. The Bertz CT molecular complexity index is 1200. The van der Waals surface area contributed by atoms with E-state index in [1.54, 1.807) is 29.2 Å². The van der Waals surface area contributed by atoms with Gasteiger partial charge in [0.1, 0.15) is 16.8 Å². The second kappa shape index (κ2) is 12.4. The summed E-state index contributed by atoms with van der Waals surface area (Å²) >= 11 is 1.30. The quantitative estimate of drug-likeness (QED) is 0.377. The number of nitrogens with one attached hydrogen (secondary N) is 1. The van der Waals surface area contributed by atoms with Crippen LogP contribution in [0.4, 0.5) is 15.8 Å². The summed E-state index contributed by atoms with van der Waals surface area (Å²) in [6.07, 6.45) is 1.49. The third-order valence-electron chi connectivity index (χ3n) is 5.52. The molecular weight excluding hydrogens is 477 g/mol. The standard InChI is InChI=1S/C28H28FN3O3S/c1-2-18-35-24-14-12-23(13-15-24)30-26(33)19-25-27(34)32(17-16-20-8-10-21(29)11-9-20)28(36-25)31-22-6-4-3-5-7-22/h3-15,25H,2,16-19H2,1H3,(H,30,33)/t25-/m1/s1. The highest BCUT2D eigenvalue weighted by Crippen LogP contribution is 2.32. The molecular formula is C28H28FN3O3S. The summed E-state index contributed by atoms with van der Waals surface area (Å²) < 4.78 is 18.8. The zero-order valence-electron chi connectivity index (χ0n) is 20.0. The number of benzene rings is 3. The van der Waals surface area contributed by atoms with E-state index in [1.165, 1.54) is 23.9 Å². The van der Waals surface area contributed by atoms with Gasteiger partial charge in [0.05, 0.1) is 12.3 Å². The molecule has 186 valence electrons. The molecule has 3 aromatic rings. The highest BCUT2D eigenvalue weighted by Gasteiger charge is 2.39. The number of carbonyl (C=O) groups excluding carboxylic acids is 2. The minimum Gasteiger partial charge on any atom is -0.494 e. The maximum atomic E-state index is 13.3. The molecule has 1 atom stereocenters. The Balaban J connectivity index is 1.43. The summed E-state index contributed by atoms with van der Waals surface area (Å²) in [5.41, 5.74) is 2.29. The number of hydrogen-bond donors (Lipinski definition) is 1. The number of rotatable bonds is 10. The molecule has 1 fully saturated rings. The predicted octanol–water partition coefficient (Wildman–Crippen LogP) is 5.82. The molecule has 0 radical (unpaired) electrons. The first-order valence-corrected chi connectivity index (χ1v) is 12.8. The van der Waals surface area contributed by atoms with Crippen molar-refractivity contribution in [2.45, 2.75) is 31.4 Å². The van der Waals surface area contributed by atoms with Gasteiger partial charge in [0.2, 0.25) is 11.8 Å². The zero-order valence-corrected chi connectivity index (χ0v) is 20.8. The number of thioether (sulfide) groups is 1. The van der Waals surface area contributed by atoms with Crippen molar-refractivity contribution in [3.63, 3.8) is 0 Å². The van der Waals surface area contributed by atoms with Gasteiger partial charge in [-0.2, -0.15) is 0 Å². The van der Waals surface area contributed by atoms with Gasteiger partial charge in [0.15, 0.2) is 5.17 Å². The molecule has 2 amide bonds. The van der Waals surface area contributed by atoms with Crippen LogP contribution in [0.25, 0.3) is 0 Å². The third kappa shape index (κ3) is 6.95. The molecule has 0 aromatic heterocycles. The van der Waals surface area contributed by atoms with E-state index < -0.39 is 5.25 Å². The van der Waals surface area contributed by atoms with E-state index in [-0.39, 0.29) is 24.1 Å². The van der Waals surface area contributed by atoms with Crippen LogP contribution < -0.4 is 10.1 Å². The lowest BCUT2D eigenvalue weighted by Crippen LogP contribution is -2.35. The van der Waals surface area contributed by atoms with E-state index in [4.69, 9.17) is 4.74 Å². The van der Waals surface area contributed by atoms with Crippen molar-refractivity contribution >= 4 is 40.1 Å². The average molecular weight is 506 g/mol. The van der Waals surface area contributed by atoms with E-state index in [0.717, 1.165) is 23.4 Å². The summed E-state index contributed by atoms with van der Waals surface area (Å²) in [4.78, 5) is 32.3. The number of para-hydroxylation sites is 1. The Morgan fingerprint density at radius 2 is 1.78 bits per heavy atom. The van der Waals surface area contributed by atoms with E-state index in [9.17, 15) is 14.0 Å². The lowest BCUT2D eigenvalue weighted by atomic mass is 10.1. The summed E-state index contributed by atoms with van der Waals surface area (Å²) in [7, 11) is 0. The van der Waals surface area contributed by atoms with Crippen molar-refractivity contribution < 1.29 is 18.7 Å². The van der Waals surface area contributed by atoms with Gasteiger partial charge in [-0.1, -0.05) is 49.0 Å². The van der Waals surface area contributed by atoms with Crippen LogP contribution in [0.1, 0.15) is 25.3 Å². The van der Waals surface area contributed by atoms with Crippen molar-refractivity contribution in [3.8, 4) is 5.75 Å². The molecule has 1 aliphatic rings. The van der Waals surface area contributed by atoms with Gasteiger partial charge >= 0.3 is 0 Å². The number of ether oxygens (including phenoxy) is 1. The van der Waals surface area contributed by atoms with Crippen LogP contribution >= 0.6 is 11.8 Å². The minimum absolute atomic E-state index is 0.0262. The Morgan fingerprint density at radius 1 is 1.06 bits per heavy atom. The molecule has 0 bridgehead atoms. The van der Waals surface area contributed by atoms with Crippen LogP contribution in [0.15, 0.2) is 83.9 Å². The van der Waals surface area contributed by atoms with Crippen molar-refractivity contribution in [2.75, 3.05) is 18.5 Å². The Morgan fingerprint density at radius 3 is 2.47 bits per heavy atom. The van der Waals surface area contributed by atoms with Crippen molar-refractivity contribution in [2.24, 2.45) is 4.99 Å². The average Bonchev–Trinajstić information content (AvgIpc) is 3.17. The maximum absolute atomic E-state index is 13.3. The van der Waals surface area contributed by atoms with Gasteiger partial charge in [-0.15, -0.1) is 0 Å². The topological polar surface area (TPSA) is 71.0 Å². The van der Waals surface area contributed by atoms with Crippen molar-refractivity contribution in [1.29, 1.82) is 0 Å². The first-order chi connectivity index (χ1) is 17.5. The predicted molar refractivity (Wildman–Crippen MR) is 142 cm³/mol. The first kappa shape index (κ1) is 25.4. The number of halogens is 1. The summed E-state index contributed by atoms with van der Waals surface area (Å²) in [5.74, 6) is 0.0415. The second-order valence-electron chi connectivity index (χ2n) is 8.33. The second-order valence-corrected chi connectivity index (χ2v) is 9.50. The summed E-state index contributed by atoms with van der Waals surface area (Å²) in [6.45, 7) is 3.06. The van der Waals surface area contributed by atoms with Crippen LogP contribution in [0.3, 0.4) is 0 Å². The summed E-state index contributed by atoms with van der Waals surface area (Å²) in [6, 6.07) is 22.8. The van der Waals surface area contributed by atoms with Crippen molar-refractivity contribution in [3.05, 3.63) is 90.2 Å². The van der Waals surface area contributed by atoms with Gasteiger partial charge in [0, 0.05) is 18.7 Å². The Labute approximate surface area is 214 Å². The highest BCUT2D eigenvalue weighted by atomic mass is 32.2. The fourth-order valence-electron chi connectivity index (χ4n) is 3.67. The Hall–Kier alpha value is -3.65. The van der Waals surface area contributed by atoms with Crippen LogP contribution in [0, 0.1) is 5.82 Å². The smallest absolute Gasteiger partial charge is 0.242 e. The molecule has 6 nitrogen and oxygen atoms in total. The number of amidine groups is 1. The van der Waals surface area contributed by atoms with Gasteiger partial charge in [-0.25, -0.2) is 9.38 Å². The normalized spacial score (nSPS) is 16.4. The molecule has 3 aromatic carbocycles. The number of nitrogens with zero attached hydrogens (tertiary/aromatic N) is 2. The molecule has 1 aliphatic heterocycles. The lowest BCUT2D eigenvalue weighted by Gasteiger charge is -2.16. The summed E-state index contributed by atoms with van der Waals surface area (Å²) in [5, 5.41) is 2.84. The van der Waals surface area contributed by atoms with Crippen LogP contribution in [-0.4, -0.2) is 40.3 Å². The molecule has 8 heteroatoms. The number of amides is 2. The van der Waals surface area contributed by atoms with Crippen LogP contribution in [0.2, 0.25) is 0 Å². The molecule has 1 N–H and O–H groups in total. The number of carbonyl (C=O) groups is 2. The van der Waals surface area contributed by atoms with E-state index in [1.807, 2.05) is 49.4 Å². The zero-order chi connectivity index (χ0) is 25.3. The van der Waals surface area contributed by atoms with Crippen LogP contribution in [-0.2, 0) is 16.0 Å². The van der Waals surface area contributed by atoms with Crippen molar-refractivity contribution in [1.82, 2.24) is 4.90 Å². The Kier molecular flexibility index (Phi) is 8.73. The van der Waals surface area contributed by atoms with Gasteiger partial charge in [-0.05, 0) is 66.9 Å². The van der Waals surface area contributed by atoms with Gasteiger partial charge < -0.3 is 10.1 Å². The SMILES string of the molecule is CCCOc1ccc(NC(=O)C[C@H]2SC(=Nc3ccccc3)N(CCc3ccc(F)cc3)C2=O)cc1. The number of aliphatic imine (C=N–C) groups is 1. The first-order valence-electron chi connectivity index (χ1n) is 11.9. The fraction of sp³-hybridized carbons (Fsp3) is 0.250. The van der Waals surface area contributed by atoms with Crippen LogP contribution in [0.5, 0.6) is 5.75 Å².